The Morgan fingerprint density at radius 1 is 1.47 bits per heavy atom. The monoisotopic (exact) mass is 216 g/mol. The molecule has 0 atom stereocenters. The van der Waals surface area contributed by atoms with Crippen molar-refractivity contribution >= 4 is 0 Å². The van der Waals surface area contributed by atoms with Crippen LogP contribution in [0, 0.1) is 18.3 Å². The van der Waals surface area contributed by atoms with Crippen molar-refractivity contribution in [2.24, 2.45) is 0 Å². The van der Waals surface area contributed by atoms with Gasteiger partial charge < -0.3 is 4.57 Å². The molecule has 0 aliphatic heterocycles. The van der Waals surface area contributed by atoms with E-state index in [1.807, 2.05) is 0 Å². The fraction of sp³-hybridized carbons (Fsp3) is 0.333. The zero-order chi connectivity index (χ0) is 11.6. The van der Waals surface area contributed by atoms with Gasteiger partial charge in [-0.15, -0.1) is 0 Å². The molecule has 1 aromatic rings. The van der Waals surface area contributed by atoms with Crippen LogP contribution in [0.1, 0.15) is 11.3 Å². The summed E-state index contributed by atoms with van der Waals surface area (Å²) in [6.07, 6.45) is -4.47. The summed E-state index contributed by atoms with van der Waals surface area (Å²) in [5.74, 6) is 0. The Hall–Kier alpha value is -1.77. The molecular weight excluding hydrogens is 209 g/mol. The second-order valence-electron chi connectivity index (χ2n) is 3.01. The zero-order valence-corrected chi connectivity index (χ0v) is 7.80. The Kier molecular flexibility index (Phi) is 2.84. The van der Waals surface area contributed by atoms with Crippen molar-refractivity contribution < 1.29 is 13.2 Å². The quantitative estimate of drug-likeness (QED) is 0.715. The van der Waals surface area contributed by atoms with Crippen molar-refractivity contribution in [1.29, 1.82) is 5.26 Å². The number of hydrogen-bond donors (Lipinski definition) is 0. The van der Waals surface area contributed by atoms with E-state index < -0.39 is 18.3 Å². The molecule has 3 nitrogen and oxygen atoms in total. The molecule has 0 N–H and O–H groups in total. The minimum Gasteiger partial charge on any atom is -0.303 e. The Labute approximate surface area is 83.4 Å². The summed E-state index contributed by atoms with van der Waals surface area (Å²) in [6, 6.07) is 4.07. The molecule has 0 saturated heterocycles. The number of alkyl halides is 3. The number of halogens is 3. The molecule has 0 saturated carbocycles. The zero-order valence-electron chi connectivity index (χ0n) is 7.80. The standard InChI is InChI=1S/C9H7F3N2O/c1-6-2-3-7(4-13)8(15)14(6)5-9(10,11)12/h2-3H,5H2,1H3. The lowest BCUT2D eigenvalue weighted by Gasteiger charge is -2.12. The molecule has 1 rings (SSSR count). The maximum atomic E-state index is 12.1. The normalized spacial score (nSPS) is 11.1. The summed E-state index contributed by atoms with van der Waals surface area (Å²) in [4.78, 5) is 11.3. The molecule has 1 aromatic heterocycles. The maximum absolute atomic E-state index is 12.1. The Morgan fingerprint density at radius 2 is 2.07 bits per heavy atom. The summed E-state index contributed by atoms with van der Waals surface area (Å²) in [5, 5.41) is 8.49. The number of nitriles is 1. The van der Waals surface area contributed by atoms with E-state index in [0.717, 1.165) is 0 Å². The van der Waals surface area contributed by atoms with Crippen LogP contribution in [0.3, 0.4) is 0 Å². The van der Waals surface area contributed by atoms with Crippen LogP contribution in [0.2, 0.25) is 0 Å². The summed E-state index contributed by atoms with van der Waals surface area (Å²) < 4.78 is 36.8. The highest BCUT2D eigenvalue weighted by Gasteiger charge is 2.29. The van der Waals surface area contributed by atoms with Gasteiger partial charge >= 0.3 is 6.18 Å². The van der Waals surface area contributed by atoms with Gasteiger partial charge in [0, 0.05) is 5.69 Å². The van der Waals surface area contributed by atoms with Crippen LogP contribution in [0.15, 0.2) is 16.9 Å². The SMILES string of the molecule is Cc1ccc(C#N)c(=O)n1CC(F)(F)F. The molecule has 15 heavy (non-hydrogen) atoms. The summed E-state index contributed by atoms with van der Waals surface area (Å²) in [5.41, 5.74) is -1.02. The van der Waals surface area contributed by atoms with Crippen molar-refractivity contribution in [3.63, 3.8) is 0 Å². The number of hydrogen-bond acceptors (Lipinski definition) is 2. The molecule has 0 aliphatic carbocycles. The summed E-state index contributed by atoms with van der Waals surface area (Å²) >= 11 is 0. The summed E-state index contributed by atoms with van der Waals surface area (Å²) in [7, 11) is 0. The molecule has 0 bridgehead atoms. The topological polar surface area (TPSA) is 45.8 Å². The van der Waals surface area contributed by atoms with Gasteiger partial charge in [0.1, 0.15) is 18.2 Å². The lowest BCUT2D eigenvalue weighted by molar-refractivity contribution is -0.141. The predicted molar refractivity (Wildman–Crippen MR) is 46.2 cm³/mol. The van der Waals surface area contributed by atoms with E-state index in [1.54, 1.807) is 6.07 Å². The van der Waals surface area contributed by atoms with Gasteiger partial charge in [-0.25, -0.2) is 0 Å². The van der Waals surface area contributed by atoms with E-state index in [2.05, 4.69) is 0 Å². The molecule has 0 aliphatic rings. The van der Waals surface area contributed by atoms with E-state index >= 15 is 0 Å². The minimum absolute atomic E-state index is 0.177. The fourth-order valence-electron chi connectivity index (χ4n) is 1.13. The van der Waals surface area contributed by atoms with Crippen LogP contribution < -0.4 is 5.56 Å². The van der Waals surface area contributed by atoms with E-state index in [0.29, 0.717) is 4.57 Å². The molecule has 6 heteroatoms. The molecule has 0 spiro atoms. The van der Waals surface area contributed by atoms with Crippen molar-refractivity contribution in [3.05, 3.63) is 33.7 Å². The maximum Gasteiger partial charge on any atom is 0.406 e. The average Bonchev–Trinajstić information content (AvgIpc) is 2.11. The highest BCUT2D eigenvalue weighted by atomic mass is 19.4. The van der Waals surface area contributed by atoms with Crippen LogP contribution >= 0.6 is 0 Å². The van der Waals surface area contributed by atoms with Crippen molar-refractivity contribution in [3.8, 4) is 6.07 Å². The van der Waals surface area contributed by atoms with Gasteiger partial charge in [-0.2, -0.15) is 18.4 Å². The third-order valence-electron chi connectivity index (χ3n) is 1.85. The van der Waals surface area contributed by atoms with Gasteiger partial charge in [0.05, 0.1) is 0 Å². The van der Waals surface area contributed by atoms with Crippen molar-refractivity contribution in [2.45, 2.75) is 19.6 Å². The second kappa shape index (κ2) is 3.77. The number of nitrogens with zero attached hydrogens (tertiary/aromatic N) is 2. The first-order valence-corrected chi connectivity index (χ1v) is 4.02. The highest BCUT2D eigenvalue weighted by molar-refractivity contribution is 5.27. The van der Waals surface area contributed by atoms with Crippen LogP contribution in [-0.2, 0) is 6.54 Å². The first-order chi connectivity index (χ1) is 6.85. The van der Waals surface area contributed by atoms with Crippen molar-refractivity contribution in [1.82, 2.24) is 4.57 Å². The molecule has 1 heterocycles. The largest absolute Gasteiger partial charge is 0.406 e. The first-order valence-electron chi connectivity index (χ1n) is 4.02. The van der Waals surface area contributed by atoms with Crippen molar-refractivity contribution in [2.75, 3.05) is 0 Å². The Balaban J connectivity index is 3.30. The van der Waals surface area contributed by atoms with Gasteiger partial charge in [0.2, 0.25) is 0 Å². The van der Waals surface area contributed by atoms with E-state index in [4.69, 9.17) is 5.26 Å². The third-order valence-corrected chi connectivity index (χ3v) is 1.85. The lowest BCUT2D eigenvalue weighted by atomic mass is 10.2. The second-order valence-corrected chi connectivity index (χ2v) is 3.01. The number of rotatable bonds is 1. The summed E-state index contributed by atoms with van der Waals surface area (Å²) in [6.45, 7) is 0.0154. The number of aromatic nitrogens is 1. The van der Waals surface area contributed by atoms with Crippen LogP contribution in [0.4, 0.5) is 13.2 Å². The van der Waals surface area contributed by atoms with Gasteiger partial charge in [0.25, 0.3) is 5.56 Å². The van der Waals surface area contributed by atoms with Gasteiger partial charge in [0.15, 0.2) is 0 Å². The van der Waals surface area contributed by atoms with Crippen LogP contribution in [0.5, 0.6) is 0 Å². The highest BCUT2D eigenvalue weighted by Crippen LogP contribution is 2.17. The molecular formula is C9H7F3N2O. The number of pyridine rings is 1. The average molecular weight is 216 g/mol. The third kappa shape index (κ3) is 2.59. The first kappa shape index (κ1) is 11.3. The Morgan fingerprint density at radius 3 is 2.53 bits per heavy atom. The van der Waals surface area contributed by atoms with Gasteiger partial charge in [-0.1, -0.05) is 0 Å². The molecule has 0 aromatic carbocycles. The molecule has 80 valence electrons. The van der Waals surface area contributed by atoms with Crippen LogP contribution in [-0.4, -0.2) is 10.7 Å². The molecule has 0 amide bonds. The lowest BCUT2D eigenvalue weighted by Crippen LogP contribution is -2.30. The number of aryl methyl sites for hydroxylation is 1. The van der Waals surface area contributed by atoms with Crippen LogP contribution in [0.25, 0.3) is 0 Å². The molecule has 0 radical (unpaired) electrons. The molecule has 0 unspecified atom stereocenters. The van der Waals surface area contributed by atoms with E-state index in [-0.39, 0.29) is 11.3 Å². The predicted octanol–water partition coefficient (Wildman–Crippen LogP) is 1.59. The van der Waals surface area contributed by atoms with Gasteiger partial charge in [-0.05, 0) is 19.1 Å². The Bertz CT molecular complexity index is 468. The fourth-order valence-corrected chi connectivity index (χ4v) is 1.13. The van der Waals surface area contributed by atoms with E-state index in [1.165, 1.54) is 19.1 Å². The molecule has 0 fully saturated rings. The minimum atomic E-state index is -4.47. The van der Waals surface area contributed by atoms with E-state index in [9.17, 15) is 18.0 Å². The van der Waals surface area contributed by atoms with Gasteiger partial charge in [-0.3, -0.25) is 4.79 Å². The smallest absolute Gasteiger partial charge is 0.303 e.